The molecule has 3 aromatic rings. The summed E-state index contributed by atoms with van der Waals surface area (Å²) in [7, 11) is 0. The van der Waals surface area contributed by atoms with Crippen LogP contribution in [0.15, 0.2) is 72.8 Å². The van der Waals surface area contributed by atoms with E-state index < -0.39 is 0 Å². The number of hydrogen-bond acceptors (Lipinski definition) is 4. The Morgan fingerprint density at radius 1 is 0.829 bits per heavy atom. The predicted octanol–water partition coefficient (Wildman–Crippen LogP) is 6.16. The van der Waals surface area contributed by atoms with Crippen LogP contribution in [-0.4, -0.2) is 23.5 Å². The van der Waals surface area contributed by atoms with Gasteiger partial charge in [0.15, 0.2) is 5.11 Å². The van der Waals surface area contributed by atoms with Gasteiger partial charge in [0.2, 0.25) is 0 Å². The van der Waals surface area contributed by atoms with Gasteiger partial charge in [0.1, 0.15) is 11.6 Å². The molecule has 0 saturated heterocycles. The third kappa shape index (κ3) is 8.50. The van der Waals surface area contributed by atoms with Crippen molar-refractivity contribution in [1.82, 2.24) is 5.32 Å². The van der Waals surface area contributed by atoms with Crippen LogP contribution in [0.1, 0.15) is 53.3 Å². The fraction of sp³-hybridized carbons (Fsp3) is 0.222. The normalized spacial score (nSPS) is 10.3. The molecule has 0 aliphatic heterocycles. The van der Waals surface area contributed by atoms with Gasteiger partial charge in [-0.05, 0) is 85.4 Å². The van der Waals surface area contributed by atoms with E-state index in [-0.39, 0.29) is 22.7 Å². The van der Waals surface area contributed by atoms with Gasteiger partial charge < -0.3 is 15.4 Å². The minimum absolute atomic E-state index is 0.0994. The van der Waals surface area contributed by atoms with Gasteiger partial charge >= 0.3 is 0 Å². The first kappa shape index (κ1) is 25.8. The summed E-state index contributed by atoms with van der Waals surface area (Å²) in [5.74, 6) is -0.383. The second-order valence-corrected chi connectivity index (χ2v) is 8.29. The fourth-order valence-corrected chi connectivity index (χ4v) is 3.44. The van der Waals surface area contributed by atoms with Crippen molar-refractivity contribution < 1.29 is 18.7 Å². The molecule has 182 valence electrons. The number of rotatable bonds is 10. The smallest absolute Gasteiger partial charge is 0.257 e. The number of anilines is 2. The van der Waals surface area contributed by atoms with Crippen molar-refractivity contribution in [3.8, 4) is 5.75 Å². The summed E-state index contributed by atoms with van der Waals surface area (Å²) in [4.78, 5) is 25.0. The minimum atomic E-state index is -0.383. The van der Waals surface area contributed by atoms with Crippen molar-refractivity contribution in [2.75, 3.05) is 17.2 Å². The van der Waals surface area contributed by atoms with E-state index in [1.165, 1.54) is 37.1 Å². The molecule has 0 aliphatic carbocycles. The van der Waals surface area contributed by atoms with E-state index in [0.29, 0.717) is 29.1 Å². The van der Waals surface area contributed by atoms with Gasteiger partial charge in [-0.1, -0.05) is 32.3 Å². The summed E-state index contributed by atoms with van der Waals surface area (Å²) in [5.41, 5.74) is 1.83. The number of hydrogen-bond donors (Lipinski definition) is 3. The Balaban J connectivity index is 1.50. The lowest BCUT2D eigenvalue weighted by Gasteiger charge is -2.11. The zero-order chi connectivity index (χ0) is 25.0. The van der Waals surface area contributed by atoms with Gasteiger partial charge in [0, 0.05) is 22.5 Å². The first-order valence-electron chi connectivity index (χ1n) is 11.5. The molecule has 0 bridgehead atoms. The molecule has 0 aliphatic rings. The van der Waals surface area contributed by atoms with Crippen molar-refractivity contribution in [2.24, 2.45) is 0 Å². The lowest BCUT2D eigenvalue weighted by Crippen LogP contribution is -2.34. The Kier molecular flexibility index (Phi) is 9.74. The second-order valence-electron chi connectivity index (χ2n) is 7.88. The number of carbonyl (C=O) groups excluding carboxylic acids is 2. The highest BCUT2D eigenvalue weighted by Gasteiger charge is 2.11. The molecule has 3 rings (SSSR count). The van der Waals surface area contributed by atoms with Crippen LogP contribution in [0.2, 0.25) is 0 Å². The van der Waals surface area contributed by atoms with E-state index in [4.69, 9.17) is 17.0 Å². The molecule has 0 radical (unpaired) electrons. The molecule has 0 atom stereocenters. The van der Waals surface area contributed by atoms with Gasteiger partial charge in [-0.25, -0.2) is 4.39 Å². The van der Waals surface area contributed by atoms with Gasteiger partial charge in [-0.2, -0.15) is 0 Å². The number of benzene rings is 3. The zero-order valence-electron chi connectivity index (χ0n) is 19.5. The number of ether oxygens (including phenoxy) is 1. The Hall–Kier alpha value is -3.78. The molecule has 8 heteroatoms. The number of unbranched alkanes of at least 4 members (excludes halogenated alkanes) is 3. The summed E-state index contributed by atoms with van der Waals surface area (Å²) in [5, 5.41) is 8.34. The van der Waals surface area contributed by atoms with Crippen molar-refractivity contribution in [3.05, 3.63) is 89.7 Å². The first-order valence-corrected chi connectivity index (χ1v) is 11.9. The van der Waals surface area contributed by atoms with Gasteiger partial charge in [0.05, 0.1) is 6.61 Å². The Labute approximate surface area is 209 Å². The summed E-state index contributed by atoms with van der Waals surface area (Å²) in [6.45, 7) is 2.82. The molecule has 0 fully saturated rings. The Morgan fingerprint density at radius 3 is 2.29 bits per heavy atom. The van der Waals surface area contributed by atoms with E-state index in [2.05, 4.69) is 22.9 Å². The van der Waals surface area contributed by atoms with E-state index in [0.717, 1.165) is 18.6 Å². The van der Waals surface area contributed by atoms with E-state index >= 15 is 0 Å². The minimum Gasteiger partial charge on any atom is -0.494 e. The van der Waals surface area contributed by atoms with Crippen LogP contribution < -0.4 is 20.7 Å². The quantitative estimate of drug-likeness (QED) is 0.233. The van der Waals surface area contributed by atoms with E-state index in [1.807, 2.05) is 0 Å². The predicted molar refractivity (Wildman–Crippen MR) is 141 cm³/mol. The van der Waals surface area contributed by atoms with Crippen LogP contribution in [0.5, 0.6) is 5.75 Å². The third-order valence-corrected chi connectivity index (χ3v) is 5.30. The topological polar surface area (TPSA) is 79.5 Å². The molecule has 3 N–H and O–H groups in total. The number of halogens is 1. The van der Waals surface area contributed by atoms with Crippen molar-refractivity contribution >= 4 is 40.5 Å². The monoisotopic (exact) mass is 493 g/mol. The summed E-state index contributed by atoms with van der Waals surface area (Å²) in [6.07, 6.45) is 4.52. The molecule has 0 aromatic heterocycles. The van der Waals surface area contributed by atoms with Crippen LogP contribution >= 0.6 is 12.2 Å². The maximum Gasteiger partial charge on any atom is 0.257 e. The molecule has 0 unspecified atom stereocenters. The number of carbonyl (C=O) groups is 2. The van der Waals surface area contributed by atoms with Gasteiger partial charge in [-0.15, -0.1) is 0 Å². The van der Waals surface area contributed by atoms with Crippen LogP contribution in [0, 0.1) is 5.82 Å². The first-order chi connectivity index (χ1) is 16.9. The average molecular weight is 494 g/mol. The maximum absolute atomic E-state index is 13.0. The van der Waals surface area contributed by atoms with Crippen molar-refractivity contribution in [3.63, 3.8) is 0 Å². The van der Waals surface area contributed by atoms with Crippen LogP contribution in [0.4, 0.5) is 15.8 Å². The number of amides is 2. The summed E-state index contributed by atoms with van der Waals surface area (Å²) >= 11 is 5.25. The molecule has 3 aromatic carbocycles. The molecular weight excluding hydrogens is 465 g/mol. The highest BCUT2D eigenvalue weighted by Crippen LogP contribution is 2.15. The number of nitrogens with one attached hydrogen (secondary N) is 3. The van der Waals surface area contributed by atoms with Gasteiger partial charge in [0.25, 0.3) is 11.8 Å². The fourth-order valence-electron chi connectivity index (χ4n) is 3.23. The lowest BCUT2D eigenvalue weighted by atomic mass is 10.2. The largest absolute Gasteiger partial charge is 0.494 e. The molecule has 0 saturated carbocycles. The van der Waals surface area contributed by atoms with Crippen LogP contribution in [0.3, 0.4) is 0 Å². The molecule has 0 spiro atoms. The lowest BCUT2D eigenvalue weighted by molar-refractivity contribution is 0.0976. The van der Waals surface area contributed by atoms with Crippen molar-refractivity contribution in [2.45, 2.75) is 32.6 Å². The molecule has 6 nitrogen and oxygen atoms in total. The summed E-state index contributed by atoms with van der Waals surface area (Å²) in [6, 6.07) is 19.0. The third-order valence-electron chi connectivity index (χ3n) is 5.09. The highest BCUT2D eigenvalue weighted by molar-refractivity contribution is 7.80. The van der Waals surface area contributed by atoms with Crippen LogP contribution in [-0.2, 0) is 0 Å². The molecule has 2 amide bonds. The molecule has 35 heavy (non-hydrogen) atoms. The van der Waals surface area contributed by atoms with Gasteiger partial charge in [-0.3, -0.25) is 14.9 Å². The molecule has 0 heterocycles. The molecular formula is C27H28FN3O3S. The average Bonchev–Trinajstić information content (AvgIpc) is 2.85. The second kappa shape index (κ2) is 13.2. The zero-order valence-corrected chi connectivity index (χ0v) is 20.3. The van der Waals surface area contributed by atoms with E-state index in [1.54, 1.807) is 48.5 Å². The van der Waals surface area contributed by atoms with Crippen molar-refractivity contribution in [1.29, 1.82) is 0 Å². The Morgan fingerprint density at radius 2 is 1.57 bits per heavy atom. The van der Waals surface area contributed by atoms with E-state index in [9.17, 15) is 14.0 Å². The SMILES string of the molecule is CCCCCCOc1ccc(C(=O)NC(=S)Nc2cccc(C(=O)Nc3ccc(F)cc3)c2)cc1. The summed E-state index contributed by atoms with van der Waals surface area (Å²) < 4.78 is 18.7. The highest BCUT2D eigenvalue weighted by atomic mass is 32.1. The number of thiocarbonyl (C=S) groups is 1. The standard InChI is InChI=1S/C27H28FN3O3S/c1-2-3-4-5-17-34-24-15-9-19(10-16-24)25(32)31-27(35)30-23-8-6-7-20(18-23)26(33)29-22-13-11-21(28)12-14-22/h6-16,18H,2-5,17H2,1H3,(H,29,33)(H2,30,31,32,35). The Bertz CT molecular complexity index is 1150. The van der Waals surface area contributed by atoms with Crippen LogP contribution in [0.25, 0.3) is 0 Å². The maximum atomic E-state index is 13.0.